The Kier molecular flexibility index (Phi) is 16.8. The van der Waals surface area contributed by atoms with E-state index in [0.29, 0.717) is 32.5 Å². The number of aromatic nitrogens is 2. The van der Waals surface area contributed by atoms with Crippen LogP contribution in [0.5, 0.6) is 0 Å². The number of halogens is 3. The zero-order chi connectivity index (χ0) is 50.4. The summed E-state index contributed by atoms with van der Waals surface area (Å²) in [6.07, 6.45) is -0.189. The van der Waals surface area contributed by atoms with Crippen molar-refractivity contribution in [1.29, 1.82) is 0 Å². The van der Waals surface area contributed by atoms with E-state index in [1.165, 1.54) is 12.1 Å². The molecule has 2 saturated heterocycles. The number of likely N-dealkylation sites (tertiary alicyclic amines) is 1. The van der Waals surface area contributed by atoms with E-state index in [9.17, 15) is 37.1 Å². The van der Waals surface area contributed by atoms with Crippen LogP contribution >= 0.6 is 0 Å². The summed E-state index contributed by atoms with van der Waals surface area (Å²) in [7, 11) is 2.94. The summed E-state index contributed by atoms with van der Waals surface area (Å²) >= 11 is 0. The minimum absolute atomic E-state index is 0.0622. The quantitative estimate of drug-likeness (QED) is 0.0728. The number of benzene rings is 2. The Bertz CT molecular complexity index is 2520. The van der Waals surface area contributed by atoms with Crippen molar-refractivity contribution < 1.29 is 46.6 Å². The van der Waals surface area contributed by atoms with Crippen molar-refractivity contribution in [2.45, 2.75) is 98.1 Å². The molecule has 0 saturated carbocycles. The molecule has 17 heteroatoms. The first-order valence-corrected chi connectivity index (χ1v) is 23.6. The number of ether oxygens (including phenoxy) is 2. The number of alkyl halides is 3. The van der Waals surface area contributed by atoms with Gasteiger partial charge in [0, 0.05) is 81.4 Å². The zero-order valence-corrected chi connectivity index (χ0v) is 40.9. The first-order valence-electron chi connectivity index (χ1n) is 23.6. The molecule has 6 rings (SSSR count). The fraction of sp³-hybridized carbons (Fsp3) is 0.500. The molecule has 0 aliphatic carbocycles. The number of likely N-dealkylation sites (N-methyl/N-ethyl adjacent to an activating group) is 1. The molecule has 5 unspecified atom stereocenters. The van der Waals surface area contributed by atoms with E-state index >= 15 is 0 Å². The van der Waals surface area contributed by atoms with Crippen LogP contribution in [0.2, 0.25) is 0 Å². The predicted molar refractivity (Wildman–Crippen MR) is 257 cm³/mol. The number of methoxy groups -OCH3 is 1. The molecule has 0 bridgehead atoms. The number of nitrogens with zero attached hydrogens (tertiary/aromatic N) is 5. The van der Waals surface area contributed by atoms with Gasteiger partial charge in [0.15, 0.2) is 0 Å². The highest BCUT2D eigenvalue weighted by Crippen LogP contribution is 2.42. The fourth-order valence-electron chi connectivity index (χ4n) is 9.92. The van der Waals surface area contributed by atoms with Gasteiger partial charge in [-0.25, -0.2) is 5.43 Å². The van der Waals surface area contributed by atoms with Crippen molar-refractivity contribution in [2.75, 3.05) is 46.9 Å². The first-order chi connectivity index (χ1) is 32.7. The number of amides is 4. The summed E-state index contributed by atoms with van der Waals surface area (Å²) in [5, 5.41) is 5.40. The summed E-state index contributed by atoms with van der Waals surface area (Å²) in [5.41, 5.74) is 9.93. The minimum Gasteiger partial charge on any atom is -0.467 e. The van der Waals surface area contributed by atoms with Crippen LogP contribution in [-0.4, -0.2) is 120 Å². The molecule has 5 atom stereocenters. The summed E-state index contributed by atoms with van der Waals surface area (Å²) in [5.74, 6) is -7.07. The summed E-state index contributed by atoms with van der Waals surface area (Å²) < 4.78 is 56.3. The molecule has 0 radical (unpaired) electrons. The van der Waals surface area contributed by atoms with Gasteiger partial charge in [0.05, 0.1) is 35.9 Å². The van der Waals surface area contributed by atoms with Crippen molar-refractivity contribution in [2.24, 2.45) is 23.2 Å². The van der Waals surface area contributed by atoms with E-state index in [2.05, 4.69) is 60.9 Å². The number of rotatable bonds is 19. The molecule has 4 amide bonds. The van der Waals surface area contributed by atoms with Crippen molar-refractivity contribution in [1.82, 2.24) is 35.1 Å². The van der Waals surface area contributed by atoms with Gasteiger partial charge in [0.25, 0.3) is 12.4 Å². The average Bonchev–Trinajstić information content (AvgIpc) is 3.92. The largest absolute Gasteiger partial charge is 0.467 e. The number of nitrogens with one attached hydrogen (secondary N) is 2. The number of carbonyl (C=O) groups is 5. The van der Waals surface area contributed by atoms with Gasteiger partial charge in [-0.2, -0.15) is 13.2 Å². The summed E-state index contributed by atoms with van der Waals surface area (Å²) in [4.78, 5) is 73.2. The molecule has 2 aliphatic rings. The van der Waals surface area contributed by atoms with Crippen molar-refractivity contribution >= 4 is 41.0 Å². The standard InChI is InChI=1S/C52H66F3N7O7/c1-10-44(64)60-28-40(41(29-60)52(53,54)55)49(66)59(8)46(32(3)4)48(65)58-42(50(67)62-23-13-12-22-57-62)25-34-16-14-17-35(24-34)36-19-20-43-38(26-36)39(27-51(6,7)30-69-31-63)47(61(43)11-2)37-18-15-21-56-45(37)33(5)68-9/h10,14-21,24,26,31-33,40-42,46,57H,1,11-13,22-23,25,27-30H2,2-9H3,(H,58,65). The van der Waals surface area contributed by atoms with Crippen LogP contribution in [0.15, 0.2) is 73.4 Å². The zero-order valence-electron chi connectivity index (χ0n) is 40.9. The number of aryl methyl sites for hydroxylation is 1. The number of hydrazine groups is 1. The molecule has 4 aromatic rings. The second-order valence-electron chi connectivity index (χ2n) is 19.3. The van der Waals surface area contributed by atoms with Crippen LogP contribution in [0.4, 0.5) is 13.2 Å². The Morgan fingerprint density at radius 2 is 1.77 bits per heavy atom. The van der Waals surface area contributed by atoms with Crippen LogP contribution < -0.4 is 10.7 Å². The van der Waals surface area contributed by atoms with Gasteiger partial charge in [0.1, 0.15) is 12.1 Å². The lowest BCUT2D eigenvalue weighted by Crippen LogP contribution is -2.60. The van der Waals surface area contributed by atoms with E-state index in [1.807, 2.05) is 43.3 Å². The van der Waals surface area contributed by atoms with Crippen molar-refractivity contribution in [3.63, 3.8) is 0 Å². The third-order valence-electron chi connectivity index (χ3n) is 13.4. The minimum atomic E-state index is -4.78. The predicted octanol–water partition coefficient (Wildman–Crippen LogP) is 7.30. The van der Waals surface area contributed by atoms with Gasteiger partial charge in [-0.05, 0) is 91.6 Å². The van der Waals surface area contributed by atoms with Gasteiger partial charge in [-0.3, -0.25) is 34.0 Å². The number of pyridine rings is 1. The molecule has 372 valence electrons. The molecule has 14 nitrogen and oxygen atoms in total. The Morgan fingerprint density at radius 1 is 1.03 bits per heavy atom. The van der Waals surface area contributed by atoms with E-state index in [4.69, 9.17) is 14.5 Å². The highest BCUT2D eigenvalue weighted by Gasteiger charge is 2.54. The van der Waals surface area contributed by atoms with Crippen molar-refractivity contribution in [3.05, 3.63) is 90.3 Å². The molecular formula is C52H66F3N7O7. The second-order valence-corrected chi connectivity index (χ2v) is 19.3. The molecule has 0 spiro atoms. The molecule has 2 N–H and O–H groups in total. The molecular weight excluding hydrogens is 892 g/mol. The SMILES string of the molecule is C=CC(=O)N1CC(C(=O)N(C)C(C(=O)NC(Cc2cccc(-c3ccc4c(c3)c(CC(C)(C)COC=O)c(-c3cccnc3C(C)OC)n4CC)c2)C(=O)N2CCCCN2)C(C)C)C(C(F)(F)F)C1. The van der Waals surface area contributed by atoms with Gasteiger partial charge < -0.3 is 29.2 Å². The number of hydrogen-bond donors (Lipinski definition) is 2. The van der Waals surface area contributed by atoms with Gasteiger partial charge in [-0.1, -0.05) is 64.6 Å². The Balaban J connectivity index is 1.36. The van der Waals surface area contributed by atoms with Crippen LogP contribution in [0, 0.1) is 23.2 Å². The third kappa shape index (κ3) is 11.7. The molecule has 2 fully saturated rings. The van der Waals surface area contributed by atoms with Crippen LogP contribution in [0.1, 0.15) is 77.3 Å². The van der Waals surface area contributed by atoms with Gasteiger partial charge in [0.2, 0.25) is 17.7 Å². The van der Waals surface area contributed by atoms with Crippen LogP contribution in [-0.2, 0) is 52.8 Å². The van der Waals surface area contributed by atoms with Crippen LogP contribution in [0.25, 0.3) is 33.3 Å². The second kappa shape index (κ2) is 22.1. The molecule has 2 aromatic carbocycles. The maximum absolute atomic E-state index is 14.4. The maximum Gasteiger partial charge on any atom is 0.394 e. The first kappa shape index (κ1) is 52.3. The van der Waals surface area contributed by atoms with E-state index in [-0.39, 0.29) is 19.1 Å². The van der Waals surface area contributed by atoms with E-state index in [1.54, 1.807) is 27.2 Å². The molecule has 4 heterocycles. The number of fused-ring (bicyclic) bond motifs is 1. The van der Waals surface area contributed by atoms with Gasteiger partial charge >= 0.3 is 6.18 Å². The molecule has 2 aromatic heterocycles. The fourth-order valence-corrected chi connectivity index (χ4v) is 9.92. The molecule has 2 aliphatic heterocycles. The average molecular weight is 958 g/mol. The Labute approximate surface area is 402 Å². The summed E-state index contributed by atoms with van der Waals surface area (Å²) in [6.45, 7) is 16.0. The van der Waals surface area contributed by atoms with Gasteiger partial charge in [-0.15, -0.1) is 0 Å². The lowest BCUT2D eigenvalue weighted by molar-refractivity contribution is -0.186. The lowest BCUT2D eigenvalue weighted by atomic mass is 9.84. The smallest absolute Gasteiger partial charge is 0.394 e. The van der Waals surface area contributed by atoms with E-state index < -0.39 is 78.1 Å². The monoisotopic (exact) mass is 957 g/mol. The highest BCUT2D eigenvalue weighted by molar-refractivity contribution is 5.96. The van der Waals surface area contributed by atoms with Crippen LogP contribution in [0.3, 0.4) is 0 Å². The maximum atomic E-state index is 14.4. The Morgan fingerprint density at radius 3 is 2.41 bits per heavy atom. The number of hydrogen-bond acceptors (Lipinski definition) is 9. The van der Waals surface area contributed by atoms with Crippen molar-refractivity contribution in [3.8, 4) is 22.4 Å². The normalized spacial score (nSPS) is 17.9. The summed E-state index contributed by atoms with van der Waals surface area (Å²) in [6, 6.07) is 15.6. The lowest BCUT2D eigenvalue weighted by Gasteiger charge is -2.35. The highest BCUT2D eigenvalue weighted by atomic mass is 19.4. The third-order valence-corrected chi connectivity index (χ3v) is 13.4. The van der Waals surface area contributed by atoms with E-state index in [0.717, 1.165) is 78.8 Å². The topological polar surface area (TPSA) is 155 Å². The number of carbonyl (C=O) groups excluding carboxylic acids is 5. The Hall–Kier alpha value is -6.07. The molecule has 69 heavy (non-hydrogen) atoms.